The zero-order valence-corrected chi connectivity index (χ0v) is 17.2. The van der Waals surface area contributed by atoms with Gasteiger partial charge in [-0.05, 0) is 25.5 Å². The molecule has 10 nitrogen and oxygen atoms in total. The number of aliphatic hydroxyl groups is 4. The van der Waals surface area contributed by atoms with Crippen molar-refractivity contribution < 1.29 is 39.9 Å². The highest BCUT2D eigenvalue weighted by Crippen LogP contribution is 2.57. The first-order valence-electron chi connectivity index (χ1n) is 9.74. The van der Waals surface area contributed by atoms with Crippen molar-refractivity contribution in [2.24, 2.45) is 35.1 Å². The molecule has 168 valence electrons. The minimum absolute atomic E-state index is 0.0118. The number of halogens is 1. The summed E-state index contributed by atoms with van der Waals surface area (Å²) in [5.41, 5.74) is 6.38. The standard InChI is InChI=1S/C20H23ClN2O8/c1-19(30)5-4-6-13(22)15(26)11(18(23)29)17(28)20(6,31)16(27)9(5)14(25)10-8(24)3-2-7(21)12(10)19/h2-3,5-6,9,11,13,15-16,24,26-27,30-31H,4,22H2,1H3,(H2,23,29)/t5-,6-,9+,11+,13-,15+,16-,19-,20-/m0/s1. The molecule has 9 N–H and O–H groups in total. The van der Waals surface area contributed by atoms with Crippen molar-refractivity contribution in [3.63, 3.8) is 0 Å². The van der Waals surface area contributed by atoms with E-state index < -0.39 is 76.3 Å². The topological polar surface area (TPSA) is 204 Å². The van der Waals surface area contributed by atoms with Crippen LogP contribution in [0.15, 0.2) is 12.1 Å². The number of rotatable bonds is 1. The van der Waals surface area contributed by atoms with Gasteiger partial charge in [-0.15, -0.1) is 0 Å². The summed E-state index contributed by atoms with van der Waals surface area (Å²) in [5.74, 6) is -9.54. The quantitative estimate of drug-likeness (QED) is 0.238. The fourth-order valence-corrected chi connectivity index (χ4v) is 6.17. The number of Topliss-reactive ketones (excluding diaryl/α,β-unsaturated/α-hetero) is 2. The van der Waals surface area contributed by atoms with Crippen molar-refractivity contribution in [1.29, 1.82) is 0 Å². The van der Waals surface area contributed by atoms with Gasteiger partial charge in [-0.25, -0.2) is 0 Å². The summed E-state index contributed by atoms with van der Waals surface area (Å²) in [7, 11) is 0. The maximum Gasteiger partial charge on any atom is 0.230 e. The van der Waals surface area contributed by atoms with Gasteiger partial charge < -0.3 is 37.0 Å². The Morgan fingerprint density at radius 2 is 1.81 bits per heavy atom. The molecule has 11 heteroatoms. The van der Waals surface area contributed by atoms with Gasteiger partial charge >= 0.3 is 0 Å². The molecule has 3 aliphatic carbocycles. The number of hydrogen-bond donors (Lipinski definition) is 7. The number of aromatic hydroxyl groups is 1. The van der Waals surface area contributed by atoms with Gasteiger partial charge in [0.2, 0.25) is 5.91 Å². The Morgan fingerprint density at radius 3 is 2.39 bits per heavy atom. The number of phenols is 1. The number of aliphatic hydroxyl groups excluding tert-OH is 2. The van der Waals surface area contributed by atoms with E-state index in [1.54, 1.807) is 0 Å². The van der Waals surface area contributed by atoms with Gasteiger partial charge in [-0.1, -0.05) is 11.6 Å². The largest absolute Gasteiger partial charge is 0.507 e. The van der Waals surface area contributed by atoms with E-state index >= 15 is 0 Å². The van der Waals surface area contributed by atoms with Crippen molar-refractivity contribution >= 4 is 29.1 Å². The van der Waals surface area contributed by atoms with Crippen molar-refractivity contribution in [2.45, 2.75) is 42.8 Å². The maximum absolute atomic E-state index is 13.3. The molecule has 0 aliphatic heterocycles. The second kappa shape index (κ2) is 6.71. The predicted octanol–water partition coefficient (Wildman–Crippen LogP) is -1.83. The van der Waals surface area contributed by atoms with E-state index in [0.29, 0.717) is 0 Å². The van der Waals surface area contributed by atoms with Gasteiger partial charge in [-0.3, -0.25) is 14.4 Å². The van der Waals surface area contributed by atoms with E-state index in [2.05, 4.69) is 0 Å². The summed E-state index contributed by atoms with van der Waals surface area (Å²) in [6.45, 7) is 1.34. The molecule has 0 saturated heterocycles. The third kappa shape index (κ3) is 2.60. The Hall–Kier alpha value is -2.08. The van der Waals surface area contributed by atoms with E-state index in [-0.39, 0.29) is 22.6 Å². The van der Waals surface area contributed by atoms with Crippen LogP contribution in [0.4, 0.5) is 0 Å². The summed E-state index contributed by atoms with van der Waals surface area (Å²) >= 11 is 6.22. The minimum Gasteiger partial charge on any atom is -0.507 e. The lowest BCUT2D eigenvalue weighted by atomic mass is 9.49. The second-order valence-electron chi connectivity index (χ2n) is 8.89. The summed E-state index contributed by atoms with van der Waals surface area (Å²) in [6, 6.07) is 1.11. The smallest absolute Gasteiger partial charge is 0.230 e. The highest BCUT2D eigenvalue weighted by Gasteiger charge is 2.70. The first kappa shape index (κ1) is 22.1. The lowest BCUT2D eigenvalue weighted by Gasteiger charge is -2.58. The Morgan fingerprint density at radius 1 is 1.19 bits per heavy atom. The minimum atomic E-state index is -2.67. The summed E-state index contributed by atoms with van der Waals surface area (Å²) in [5, 5.41) is 54.5. The Balaban J connectivity index is 1.92. The van der Waals surface area contributed by atoms with Crippen LogP contribution in [0.3, 0.4) is 0 Å². The lowest BCUT2D eigenvalue weighted by molar-refractivity contribution is -0.221. The number of benzene rings is 1. The van der Waals surface area contributed by atoms with Crippen LogP contribution in [0.1, 0.15) is 29.3 Å². The Labute approximate surface area is 181 Å². The molecule has 0 bridgehead atoms. The molecule has 9 atom stereocenters. The van der Waals surface area contributed by atoms with E-state index in [1.165, 1.54) is 13.0 Å². The van der Waals surface area contributed by atoms with Crippen LogP contribution < -0.4 is 11.5 Å². The summed E-state index contributed by atoms with van der Waals surface area (Å²) in [6.07, 6.45) is -4.06. The van der Waals surface area contributed by atoms with E-state index in [0.717, 1.165) is 6.07 Å². The lowest BCUT2D eigenvalue weighted by Crippen LogP contribution is -2.76. The molecule has 0 heterocycles. The molecule has 0 radical (unpaired) electrons. The normalized spacial score (nSPS) is 44.3. The number of fused-ring (bicyclic) bond motifs is 3. The predicted molar refractivity (Wildman–Crippen MR) is 105 cm³/mol. The third-order valence-corrected chi connectivity index (χ3v) is 7.71. The summed E-state index contributed by atoms with van der Waals surface area (Å²) in [4.78, 5) is 38.1. The molecule has 0 unspecified atom stereocenters. The van der Waals surface area contributed by atoms with Crippen LogP contribution in [0.5, 0.6) is 5.75 Å². The van der Waals surface area contributed by atoms with Gasteiger partial charge in [0.1, 0.15) is 17.8 Å². The van der Waals surface area contributed by atoms with Gasteiger partial charge in [0.15, 0.2) is 17.2 Å². The number of primary amides is 1. The van der Waals surface area contributed by atoms with Crippen LogP contribution in [-0.2, 0) is 15.2 Å². The molecule has 1 aromatic rings. The molecule has 1 amide bonds. The van der Waals surface area contributed by atoms with Gasteiger partial charge in [0.25, 0.3) is 0 Å². The third-order valence-electron chi connectivity index (χ3n) is 7.39. The number of amides is 1. The molecule has 3 aliphatic rings. The van der Waals surface area contributed by atoms with Crippen LogP contribution in [0.2, 0.25) is 5.02 Å². The van der Waals surface area contributed by atoms with Crippen LogP contribution in [0.25, 0.3) is 0 Å². The van der Waals surface area contributed by atoms with Crippen molar-refractivity contribution in [1.82, 2.24) is 0 Å². The summed E-state index contributed by atoms with van der Waals surface area (Å²) < 4.78 is 0. The molecule has 31 heavy (non-hydrogen) atoms. The average molecular weight is 455 g/mol. The first-order valence-corrected chi connectivity index (χ1v) is 10.1. The SMILES string of the molecule is C[C@@]1(O)c2c(Cl)ccc(O)c2C(=O)[C@@H]2[C@H](O)[C@]3(O)C(=O)[C@H](C(N)=O)[C@@H](O)[C@@H](N)[C@@H]3C[C@@H]21. The number of ketones is 2. The van der Waals surface area contributed by atoms with Crippen molar-refractivity contribution in [3.8, 4) is 5.75 Å². The molecular weight excluding hydrogens is 432 g/mol. The molecule has 2 saturated carbocycles. The van der Waals surface area contributed by atoms with Gasteiger partial charge in [0.05, 0.1) is 23.2 Å². The number of phenolic OH excluding ortho intramolecular Hbond substituents is 1. The van der Waals surface area contributed by atoms with E-state index in [4.69, 9.17) is 23.1 Å². The number of hydrogen-bond acceptors (Lipinski definition) is 9. The van der Waals surface area contributed by atoms with Crippen LogP contribution in [0, 0.1) is 23.7 Å². The van der Waals surface area contributed by atoms with E-state index in [1.807, 2.05) is 0 Å². The fourth-order valence-electron chi connectivity index (χ4n) is 5.82. The molecule has 0 spiro atoms. The Bertz CT molecular complexity index is 1010. The van der Waals surface area contributed by atoms with Gasteiger partial charge in [-0.2, -0.15) is 0 Å². The maximum atomic E-state index is 13.3. The zero-order chi connectivity index (χ0) is 23.2. The molecule has 4 rings (SSSR count). The van der Waals surface area contributed by atoms with Gasteiger partial charge in [0, 0.05) is 28.5 Å². The molecular formula is C20H23ClN2O8. The molecule has 0 aromatic heterocycles. The Kier molecular flexibility index (Phi) is 4.79. The van der Waals surface area contributed by atoms with Crippen LogP contribution in [-0.4, -0.2) is 66.9 Å². The average Bonchev–Trinajstić information content (AvgIpc) is 2.67. The monoisotopic (exact) mass is 454 g/mol. The van der Waals surface area contributed by atoms with Crippen molar-refractivity contribution in [2.75, 3.05) is 0 Å². The van der Waals surface area contributed by atoms with Crippen molar-refractivity contribution in [3.05, 3.63) is 28.3 Å². The van der Waals surface area contributed by atoms with E-state index in [9.17, 15) is 39.9 Å². The zero-order valence-electron chi connectivity index (χ0n) is 16.4. The number of carbonyl (C=O) groups excluding carboxylic acids is 3. The first-order chi connectivity index (χ1) is 14.3. The van der Waals surface area contributed by atoms with Crippen LogP contribution >= 0.6 is 11.6 Å². The molecule has 2 fully saturated rings. The highest BCUT2D eigenvalue weighted by molar-refractivity contribution is 6.32. The number of nitrogens with two attached hydrogens (primary N) is 2. The second-order valence-corrected chi connectivity index (χ2v) is 9.29. The number of carbonyl (C=O) groups is 3. The highest BCUT2D eigenvalue weighted by atomic mass is 35.5. The molecule has 1 aromatic carbocycles. The fraction of sp³-hybridized carbons (Fsp3) is 0.550.